The zero-order chi connectivity index (χ0) is 9.94. The van der Waals surface area contributed by atoms with Gasteiger partial charge in [-0.3, -0.25) is 4.79 Å². The number of hydrogen-bond acceptors (Lipinski definition) is 1. The summed E-state index contributed by atoms with van der Waals surface area (Å²) >= 11 is 0. The molecule has 0 radical (unpaired) electrons. The highest BCUT2D eigenvalue weighted by atomic mass is 16.1. The van der Waals surface area contributed by atoms with E-state index in [0.29, 0.717) is 6.42 Å². The largest absolute Gasteiger partial charge is 0.295 e. The van der Waals surface area contributed by atoms with Gasteiger partial charge in [-0.2, -0.15) is 0 Å². The number of allylic oxidation sites excluding steroid dienone is 5. The number of ketones is 1. The Kier molecular flexibility index (Phi) is 8.21. The van der Waals surface area contributed by atoms with Crippen LogP contribution < -0.4 is 0 Å². The first-order chi connectivity index (χ1) is 6.31. The van der Waals surface area contributed by atoms with Gasteiger partial charge in [-0.1, -0.05) is 30.9 Å². The molecule has 1 nitrogen and oxygen atoms in total. The molecule has 0 rings (SSSR count). The summed E-state index contributed by atoms with van der Waals surface area (Å²) in [5.41, 5.74) is 0. The summed E-state index contributed by atoms with van der Waals surface area (Å²) in [5.74, 6) is 0.123. The molecule has 0 aliphatic carbocycles. The Morgan fingerprint density at radius 3 is 2.38 bits per heavy atom. The average molecular weight is 178 g/mol. The van der Waals surface area contributed by atoms with E-state index in [0.717, 1.165) is 19.3 Å². The number of unbranched alkanes of at least 4 members (excludes halogenated alkanes) is 1. The van der Waals surface area contributed by atoms with E-state index in [2.05, 4.69) is 30.9 Å². The number of carbonyl (C=O) groups excluding carboxylic acids is 1. The van der Waals surface area contributed by atoms with Crippen molar-refractivity contribution in [3.8, 4) is 0 Å². The van der Waals surface area contributed by atoms with Gasteiger partial charge in [-0.15, -0.1) is 0 Å². The third kappa shape index (κ3) is 8.80. The van der Waals surface area contributed by atoms with Gasteiger partial charge in [0, 0.05) is 6.42 Å². The predicted octanol–water partition coefficient (Wildman–Crippen LogP) is 3.43. The van der Waals surface area contributed by atoms with Crippen LogP contribution >= 0.6 is 0 Å². The number of rotatable bonds is 7. The predicted molar refractivity (Wildman–Crippen MR) is 57.6 cm³/mol. The lowest BCUT2D eigenvalue weighted by atomic mass is 10.2. The van der Waals surface area contributed by atoms with Crippen molar-refractivity contribution in [2.24, 2.45) is 0 Å². The third-order valence-corrected chi connectivity index (χ3v) is 1.69. The van der Waals surface area contributed by atoms with Gasteiger partial charge in [-0.25, -0.2) is 0 Å². The molecule has 1 heteroatoms. The summed E-state index contributed by atoms with van der Waals surface area (Å²) < 4.78 is 0. The van der Waals surface area contributed by atoms with Gasteiger partial charge in [0.25, 0.3) is 0 Å². The van der Waals surface area contributed by atoms with E-state index in [9.17, 15) is 4.79 Å². The fourth-order valence-electron chi connectivity index (χ4n) is 0.922. The Balaban J connectivity index is 3.31. The molecule has 0 saturated carbocycles. The number of hydrogen-bond donors (Lipinski definition) is 0. The molecule has 0 heterocycles. The molecule has 13 heavy (non-hydrogen) atoms. The number of carbonyl (C=O) groups is 1. The molecule has 0 bridgehead atoms. The van der Waals surface area contributed by atoms with Gasteiger partial charge in [0.05, 0.1) is 0 Å². The summed E-state index contributed by atoms with van der Waals surface area (Å²) in [5, 5.41) is 0. The van der Waals surface area contributed by atoms with Crippen molar-refractivity contribution in [2.75, 3.05) is 0 Å². The van der Waals surface area contributed by atoms with Gasteiger partial charge >= 0.3 is 0 Å². The lowest BCUT2D eigenvalue weighted by Crippen LogP contribution is -1.88. The SMILES string of the molecule is C=CC(=O)CCC=CCCC=CC. The summed E-state index contributed by atoms with van der Waals surface area (Å²) in [6.45, 7) is 5.44. The highest BCUT2D eigenvalue weighted by Crippen LogP contribution is 1.97. The Bertz CT molecular complexity index is 199. The van der Waals surface area contributed by atoms with Crippen LogP contribution in [0.3, 0.4) is 0 Å². The monoisotopic (exact) mass is 178 g/mol. The quantitative estimate of drug-likeness (QED) is 0.331. The second-order valence-corrected chi connectivity index (χ2v) is 2.83. The molecule has 0 aliphatic heterocycles. The summed E-state index contributed by atoms with van der Waals surface area (Å²) in [7, 11) is 0. The molecule has 0 aliphatic rings. The molecule has 0 aromatic heterocycles. The highest BCUT2D eigenvalue weighted by molar-refractivity contribution is 5.89. The van der Waals surface area contributed by atoms with Crippen LogP contribution in [0.15, 0.2) is 37.0 Å². The third-order valence-electron chi connectivity index (χ3n) is 1.69. The Morgan fingerprint density at radius 2 is 1.77 bits per heavy atom. The smallest absolute Gasteiger partial charge is 0.155 e. The summed E-state index contributed by atoms with van der Waals surface area (Å²) in [4.78, 5) is 10.8. The molecule has 0 atom stereocenters. The first kappa shape index (κ1) is 11.9. The normalized spacial score (nSPS) is 11.2. The van der Waals surface area contributed by atoms with Crippen LogP contribution in [0.4, 0.5) is 0 Å². The van der Waals surface area contributed by atoms with E-state index in [1.807, 2.05) is 6.92 Å². The van der Waals surface area contributed by atoms with Gasteiger partial charge in [0.2, 0.25) is 0 Å². The maximum Gasteiger partial charge on any atom is 0.155 e. The summed E-state index contributed by atoms with van der Waals surface area (Å²) in [6.07, 6.45) is 13.3. The van der Waals surface area contributed by atoms with Crippen molar-refractivity contribution < 1.29 is 4.79 Å². The van der Waals surface area contributed by atoms with Gasteiger partial charge in [-0.05, 0) is 32.3 Å². The van der Waals surface area contributed by atoms with Crippen molar-refractivity contribution in [1.82, 2.24) is 0 Å². The molecule has 0 N–H and O–H groups in total. The van der Waals surface area contributed by atoms with E-state index in [4.69, 9.17) is 0 Å². The molecule has 0 aromatic rings. The topological polar surface area (TPSA) is 17.1 Å². The Morgan fingerprint density at radius 1 is 1.15 bits per heavy atom. The van der Waals surface area contributed by atoms with Gasteiger partial charge < -0.3 is 0 Å². The minimum Gasteiger partial charge on any atom is -0.295 e. The van der Waals surface area contributed by atoms with Crippen molar-refractivity contribution in [3.05, 3.63) is 37.0 Å². The van der Waals surface area contributed by atoms with Crippen LogP contribution in [0.25, 0.3) is 0 Å². The van der Waals surface area contributed by atoms with E-state index < -0.39 is 0 Å². The standard InChI is InChI=1S/C12H18O/c1-3-5-6-7-8-9-10-11-12(13)4-2/h3-5,8-9H,2,6-7,10-11H2,1H3. The zero-order valence-corrected chi connectivity index (χ0v) is 8.33. The first-order valence-corrected chi connectivity index (χ1v) is 4.72. The van der Waals surface area contributed by atoms with Gasteiger partial charge in [0.15, 0.2) is 5.78 Å². The van der Waals surface area contributed by atoms with Crippen molar-refractivity contribution >= 4 is 5.78 Å². The molecule has 0 fully saturated rings. The van der Waals surface area contributed by atoms with Crippen LogP contribution in [-0.4, -0.2) is 5.78 Å². The van der Waals surface area contributed by atoms with Crippen LogP contribution in [-0.2, 0) is 4.79 Å². The molecule has 0 unspecified atom stereocenters. The fourth-order valence-corrected chi connectivity index (χ4v) is 0.922. The summed E-state index contributed by atoms with van der Waals surface area (Å²) in [6, 6.07) is 0. The van der Waals surface area contributed by atoms with E-state index in [1.54, 1.807) is 0 Å². The lowest BCUT2D eigenvalue weighted by molar-refractivity contribution is -0.114. The molecule has 0 amide bonds. The van der Waals surface area contributed by atoms with Crippen LogP contribution in [0, 0.1) is 0 Å². The van der Waals surface area contributed by atoms with E-state index in [1.165, 1.54) is 6.08 Å². The molecule has 0 spiro atoms. The molecule has 0 aromatic carbocycles. The average Bonchev–Trinajstić information content (AvgIpc) is 2.16. The Hall–Kier alpha value is -1.11. The van der Waals surface area contributed by atoms with Crippen LogP contribution in [0.2, 0.25) is 0 Å². The maximum absolute atomic E-state index is 10.8. The minimum absolute atomic E-state index is 0.123. The van der Waals surface area contributed by atoms with E-state index >= 15 is 0 Å². The Labute approximate surface area is 80.8 Å². The van der Waals surface area contributed by atoms with Gasteiger partial charge in [0.1, 0.15) is 0 Å². The highest BCUT2D eigenvalue weighted by Gasteiger charge is 1.90. The lowest BCUT2D eigenvalue weighted by Gasteiger charge is -1.89. The second kappa shape index (κ2) is 8.98. The van der Waals surface area contributed by atoms with Crippen molar-refractivity contribution in [2.45, 2.75) is 32.6 Å². The molecular weight excluding hydrogens is 160 g/mol. The van der Waals surface area contributed by atoms with Crippen molar-refractivity contribution in [3.63, 3.8) is 0 Å². The molecular formula is C12H18O. The maximum atomic E-state index is 10.8. The van der Waals surface area contributed by atoms with E-state index in [-0.39, 0.29) is 5.78 Å². The second-order valence-electron chi connectivity index (χ2n) is 2.83. The van der Waals surface area contributed by atoms with Crippen molar-refractivity contribution in [1.29, 1.82) is 0 Å². The zero-order valence-electron chi connectivity index (χ0n) is 8.33. The van der Waals surface area contributed by atoms with Crippen LogP contribution in [0.5, 0.6) is 0 Å². The molecule has 0 saturated heterocycles. The minimum atomic E-state index is 0.123. The fraction of sp³-hybridized carbons (Fsp3) is 0.417. The molecule has 72 valence electrons. The first-order valence-electron chi connectivity index (χ1n) is 4.72. The van der Waals surface area contributed by atoms with Crippen LogP contribution in [0.1, 0.15) is 32.6 Å².